The van der Waals surface area contributed by atoms with E-state index in [4.69, 9.17) is 0 Å². The Kier molecular flexibility index (Phi) is 6.73. The van der Waals surface area contributed by atoms with Crippen molar-refractivity contribution in [2.24, 2.45) is 5.92 Å². The van der Waals surface area contributed by atoms with Crippen molar-refractivity contribution in [2.75, 3.05) is 5.75 Å². The van der Waals surface area contributed by atoms with Crippen LogP contribution in [0.3, 0.4) is 0 Å². The number of amides is 1. The lowest BCUT2D eigenvalue weighted by atomic mass is 10.0. The Labute approximate surface area is 137 Å². The van der Waals surface area contributed by atoms with Gasteiger partial charge in [-0.2, -0.15) is 0 Å². The number of fused-ring (bicyclic) bond motifs is 1. The molecule has 1 N–H and O–H groups in total. The zero-order valence-electron chi connectivity index (χ0n) is 14.0. The van der Waals surface area contributed by atoms with Crippen molar-refractivity contribution < 1.29 is 4.79 Å². The average molecular weight is 324 g/mol. The lowest BCUT2D eigenvalue weighted by Gasteiger charge is -2.15. The van der Waals surface area contributed by atoms with Crippen molar-refractivity contribution in [3.8, 4) is 0 Å². The number of aryl methyl sites for hydroxylation is 1. The second-order valence-corrected chi connectivity index (χ2v) is 7.53. The third kappa shape index (κ3) is 5.30. The zero-order valence-corrected chi connectivity index (χ0v) is 14.8. The standard InChI is InChI=1S/C16H28N4OS/c1-12(2)8-9-13(3)17-15(21)11-22-16-19-18-14-7-5-4-6-10-20(14)16/h12-13H,4-11H2,1-3H3,(H,17,21)/t13-/m0/s1. The van der Waals surface area contributed by atoms with Crippen molar-refractivity contribution in [3.05, 3.63) is 5.82 Å². The molecule has 1 atom stereocenters. The van der Waals surface area contributed by atoms with Gasteiger partial charge in [0, 0.05) is 19.0 Å². The zero-order chi connectivity index (χ0) is 15.9. The van der Waals surface area contributed by atoms with Crippen LogP contribution in [0.5, 0.6) is 0 Å². The molecule has 5 nitrogen and oxygen atoms in total. The van der Waals surface area contributed by atoms with Gasteiger partial charge in [0.1, 0.15) is 5.82 Å². The largest absolute Gasteiger partial charge is 0.353 e. The van der Waals surface area contributed by atoms with E-state index in [1.807, 2.05) is 0 Å². The van der Waals surface area contributed by atoms with Crippen molar-refractivity contribution in [2.45, 2.75) is 77.0 Å². The van der Waals surface area contributed by atoms with Gasteiger partial charge in [0.25, 0.3) is 0 Å². The molecule has 0 aliphatic carbocycles. The molecule has 22 heavy (non-hydrogen) atoms. The first-order chi connectivity index (χ1) is 10.6. The van der Waals surface area contributed by atoms with Crippen LogP contribution in [-0.4, -0.2) is 32.5 Å². The smallest absolute Gasteiger partial charge is 0.230 e. The summed E-state index contributed by atoms with van der Waals surface area (Å²) in [6.07, 6.45) is 6.81. The van der Waals surface area contributed by atoms with Gasteiger partial charge in [-0.3, -0.25) is 4.79 Å². The van der Waals surface area contributed by atoms with E-state index in [-0.39, 0.29) is 11.9 Å². The topological polar surface area (TPSA) is 59.8 Å². The van der Waals surface area contributed by atoms with E-state index in [1.165, 1.54) is 31.0 Å². The summed E-state index contributed by atoms with van der Waals surface area (Å²) in [4.78, 5) is 12.0. The molecule has 0 unspecified atom stereocenters. The fourth-order valence-corrected chi connectivity index (χ4v) is 3.46. The lowest BCUT2D eigenvalue weighted by molar-refractivity contribution is -0.119. The average Bonchev–Trinajstić information content (AvgIpc) is 2.70. The minimum absolute atomic E-state index is 0.0900. The lowest BCUT2D eigenvalue weighted by Crippen LogP contribution is -2.34. The molecule has 0 fully saturated rings. The number of aromatic nitrogens is 3. The van der Waals surface area contributed by atoms with Crippen molar-refractivity contribution in [1.29, 1.82) is 0 Å². The van der Waals surface area contributed by atoms with Crippen LogP contribution in [0.1, 0.15) is 58.7 Å². The van der Waals surface area contributed by atoms with Crippen LogP contribution in [0, 0.1) is 5.92 Å². The Morgan fingerprint density at radius 3 is 2.82 bits per heavy atom. The molecule has 0 bridgehead atoms. The molecule has 1 amide bonds. The van der Waals surface area contributed by atoms with Gasteiger partial charge in [0.15, 0.2) is 5.16 Å². The first-order valence-electron chi connectivity index (χ1n) is 8.40. The number of hydrogen-bond donors (Lipinski definition) is 1. The molecular formula is C16H28N4OS. The molecular weight excluding hydrogens is 296 g/mol. The SMILES string of the molecule is CC(C)CC[C@H](C)NC(=O)CSc1nnc2n1CCCCC2. The maximum absolute atomic E-state index is 12.0. The normalized spacial score (nSPS) is 16.2. The molecule has 1 aliphatic rings. The first kappa shape index (κ1) is 17.3. The van der Waals surface area contributed by atoms with E-state index in [9.17, 15) is 4.79 Å². The Bertz CT molecular complexity index is 486. The number of rotatable bonds is 7. The minimum Gasteiger partial charge on any atom is -0.353 e. The second-order valence-electron chi connectivity index (χ2n) is 6.59. The summed E-state index contributed by atoms with van der Waals surface area (Å²) in [5.41, 5.74) is 0. The third-order valence-electron chi connectivity index (χ3n) is 3.99. The van der Waals surface area contributed by atoms with Crippen molar-refractivity contribution >= 4 is 17.7 Å². The van der Waals surface area contributed by atoms with Crippen LogP contribution in [-0.2, 0) is 17.8 Å². The van der Waals surface area contributed by atoms with E-state index in [0.717, 1.165) is 36.8 Å². The molecule has 2 heterocycles. The van der Waals surface area contributed by atoms with Crippen LogP contribution < -0.4 is 5.32 Å². The number of carbonyl (C=O) groups excluding carboxylic acids is 1. The van der Waals surface area contributed by atoms with Gasteiger partial charge in [0.05, 0.1) is 5.75 Å². The van der Waals surface area contributed by atoms with Gasteiger partial charge in [-0.15, -0.1) is 10.2 Å². The summed E-state index contributed by atoms with van der Waals surface area (Å²) in [5, 5.41) is 12.5. The maximum Gasteiger partial charge on any atom is 0.230 e. The Hall–Kier alpha value is -1.04. The van der Waals surface area contributed by atoms with Gasteiger partial charge >= 0.3 is 0 Å². The fourth-order valence-electron chi connectivity index (χ4n) is 2.67. The molecule has 0 saturated heterocycles. The summed E-state index contributed by atoms with van der Waals surface area (Å²) in [6.45, 7) is 7.48. The van der Waals surface area contributed by atoms with Gasteiger partial charge in [0.2, 0.25) is 5.91 Å². The fraction of sp³-hybridized carbons (Fsp3) is 0.812. The molecule has 1 aromatic heterocycles. The Balaban J connectivity index is 1.78. The molecule has 0 spiro atoms. The van der Waals surface area contributed by atoms with Crippen LogP contribution in [0.2, 0.25) is 0 Å². The van der Waals surface area contributed by atoms with Crippen LogP contribution in [0.15, 0.2) is 5.16 Å². The predicted octanol–water partition coefficient (Wildman–Crippen LogP) is 3.04. The highest BCUT2D eigenvalue weighted by molar-refractivity contribution is 7.99. The number of nitrogens with zero attached hydrogens (tertiary/aromatic N) is 3. The second kappa shape index (κ2) is 8.56. The van der Waals surface area contributed by atoms with Crippen molar-refractivity contribution in [3.63, 3.8) is 0 Å². The predicted molar refractivity (Wildman–Crippen MR) is 90.0 cm³/mol. The molecule has 1 aliphatic heterocycles. The van der Waals surface area contributed by atoms with E-state index < -0.39 is 0 Å². The van der Waals surface area contributed by atoms with E-state index in [1.54, 1.807) is 0 Å². The van der Waals surface area contributed by atoms with E-state index in [2.05, 4.69) is 40.9 Å². The minimum atomic E-state index is 0.0900. The Morgan fingerprint density at radius 2 is 2.05 bits per heavy atom. The van der Waals surface area contributed by atoms with Gasteiger partial charge in [-0.25, -0.2) is 0 Å². The molecule has 0 saturated carbocycles. The number of thioether (sulfide) groups is 1. The van der Waals surface area contributed by atoms with Crippen LogP contribution >= 0.6 is 11.8 Å². The number of nitrogens with one attached hydrogen (secondary N) is 1. The van der Waals surface area contributed by atoms with Gasteiger partial charge in [-0.05, 0) is 38.5 Å². The summed E-state index contributed by atoms with van der Waals surface area (Å²) in [6, 6.07) is 0.242. The van der Waals surface area contributed by atoms with Crippen molar-refractivity contribution in [1.82, 2.24) is 20.1 Å². The molecule has 1 aromatic rings. The maximum atomic E-state index is 12.0. The highest BCUT2D eigenvalue weighted by Gasteiger charge is 2.16. The first-order valence-corrected chi connectivity index (χ1v) is 9.39. The third-order valence-corrected chi connectivity index (χ3v) is 4.96. The number of hydrogen-bond acceptors (Lipinski definition) is 4. The van der Waals surface area contributed by atoms with E-state index in [0.29, 0.717) is 11.7 Å². The summed E-state index contributed by atoms with van der Waals surface area (Å²) >= 11 is 1.50. The van der Waals surface area contributed by atoms with Crippen LogP contribution in [0.25, 0.3) is 0 Å². The monoisotopic (exact) mass is 324 g/mol. The van der Waals surface area contributed by atoms with Gasteiger partial charge in [-0.1, -0.05) is 32.0 Å². The summed E-state index contributed by atoms with van der Waals surface area (Å²) in [5.74, 6) is 2.27. The number of carbonyl (C=O) groups is 1. The molecule has 2 rings (SSSR count). The highest BCUT2D eigenvalue weighted by Crippen LogP contribution is 2.21. The Morgan fingerprint density at radius 1 is 1.23 bits per heavy atom. The highest BCUT2D eigenvalue weighted by atomic mass is 32.2. The van der Waals surface area contributed by atoms with Crippen LogP contribution in [0.4, 0.5) is 0 Å². The quantitative estimate of drug-likeness (QED) is 0.783. The molecule has 0 aromatic carbocycles. The molecule has 0 radical (unpaired) electrons. The van der Waals surface area contributed by atoms with E-state index >= 15 is 0 Å². The van der Waals surface area contributed by atoms with Gasteiger partial charge < -0.3 is 9.88 Å². The molecule has 124 valence electrons. The summed E-state index contributed by atoms with van der Waals surface area (Å²) in [7, 11) is 0. The summed E-state index contributed by atoms with van der Waals surface area (Å²) < 4.78 is 2.19. The molecule has 6 heteroatoms.